The van der Waals surface area contributed by atoms with Crippen LogP contribution in [0.5, 0.6) is 0 Å². The van der Waals surface area contributed by atoms with Gasteiger partial charge in [-0.05, 0) is 43.5 Å². The van der Waals surface area contributed by atoms with Crippen LogP contribution < -0.4 is 5.32 Å². The van der Waals surface area contributed by atoms with Crippen LogP contribution >= 0.6 is 0 Å². The van der Waals surface area contributed by atoms with Crippen molar-refractivity contribution >= 4 is 10.9 Å². The Kier molecular flexibility index (Phi) is 2.81. The van der Waals surface area contributed by atoms with E-state index in [1.54, 1.807) is 0 Å². The van der Waals surface area contributed by atoms with E-state index in [0.29, 0.717) is 6.04 Å². The zero-order valence-corrected chi connectivity index (χ0v) is 10.2. The molecule has 1 unspecified atom stereocenters. The molecule has 0 amide bonds. The lowest BCUT2D eigenvalue weighted by Crippen LogP contribution is -2.29. The SMILES string of the molecule is CNC(c1cnc2ccccc2c1)C1CCC1. The number of nitrogens with zero attached hydrogens (tertiary/aromatic N) is 1. The highest BCUT2D eigenvalue weighted by Gasteiger charge is 2.27. The third-order valence-corrected chi connectivity index (χ3v) is 3.90. The van der Waals surface area contributed by atoms with E-state index in [2.05, 4.69) is 41.6 Å². The highest BCUT2D eigenvalue weighted by atomic mass is 14.9. The number of hydrogen-bond donors (Lipinski definition) is 1. The normalized spacial score (nSPS) is 17.9. The second-order valence-electron chi connectivity index (χ2n) is 4.92. The van der Waals surface area contributed by atoms with Crippen molar-refractivity contribution in [2.45, 2.75) is 25.3 Å². The summed E-state index contributed by atoms with van der Waals surface area (Å²) in [5.41, 5.74) is 2.41. The van der Waals surface area contributed by atoms with E-state index in [-0.39, 0.29) is 0 Å². The first-order valence-electron chi connectivity index (χ1n) is 6.40. The molecule has 2 heteroatoms. The standard InChI is InChI=1S/C15H18N2/c1-16-15(11-6-4-7-11)13-9-12-5-2-3-8-14(12)17-10-13/h2-3,5,8-11,15-16H,4,6-7H2,1H3. The van der Waals surface area contributed by atoms with Crippen LogP contribution in [0.4, 0.5) is 0 Å². The average molecular weight is 226 g/mol. The molecule has 17 heavy (non-hydrogen) atoms. The lowest BCUT2D eigenvalue weighted by Gasteiger charge is -2.33. The smallest absolute Gasteiger partial charge is 0.0702 e. The topological polar surface area (TPSA) is 24.9 Å². The Labute approximate surface area is 102 Å². The molecule has 1 aliphatic rings. The zero-order chi connectivity index (χ0) is 11.7. The molecule has 1 N–H and O–H groups in total. The molecule has 0 spiro atoms. The molecule has 88 valence electrons. The Morgan fingerprint density at radius 2 is 2.12 bits per heavy atom. The van der Waals surface area contributed by atoms with Gasteiger partial charge in [0.1, 0.15) is 0 Å². The van der Waals surface area contributed by atoms with E-state index in [1.807, 2.05) is 12.3 Å². The first-order valence-corrected chi connectivity index (χ1v) is 6.40. The van der Waals surface area contributed by atoms with Gasteiger partial charge in [-0.3, -0.25) is 4.98 Å². The van der Waals surface area contributed by atoms with Gasteiger partial charge in [0.2, 0.25) is 0 Å². The Bertz CT molecular complexity index is 517. The molecule has 2 nitrogen and oxygen atoms in total. The first-order chi connectivity index (χ1) is 8.38. The maximum absolute atomic E-state index is 4.55. The third kappa shape index (κ3) is 1.93. The minimum absolute atomic E-state index is 0.473. The fraction of sp³-hybridized carbons (Fsp3) is 0.400. The van der Waals surface area contributed by atoms with E-state index in [0.717, 1.165) is 11.4 Å². The molecule has 1 aliphatic carbocycles. The molecule has 1 aromatic heterocycles. The van der Waals surface area contributed by atoms with Crippen LogP contribution in [0.2, 0.25) is 0 Å². The monoisotopic (exact) mass is 226 g/mol. The molecule has 1 aromatic carbocycles. The summed E-state index contributed by atoms with van der Waals surface area (Å²) >= 11 is 0. The van der Waals surface area contributed by atoms with E-state index in [9.17, 15) is 0 Å². The second kappa shape index (κ2) is 4.46. The largest absolute Gasteiger partial charge is 0.313 e. The summed E-state index contributed by atoms with van der Waals surface area (Å²) in [7, 11) is 2.05. The van der Waals surface area contributed by atoms with Gasteiger partial charge in [0, 0.05) is 17.6 Å². The zero-order valence-electron chi connectivity index (χ0n) is 10.2. The Morgan fingerprint density at radius 3 is 2.82 bits per heavy atom. The molecule has 1 fully saturated rings. The molecule has 1 heterocycles. The van der Waals surface area contributed by atoms with Gasteiger partial charge in [0.05, 0.1) is 5.52 Å². The molecule has 0 aliphatic heterocycles. The van der Waals surface area contributed by atoms with E-state index in [4.69, 9.17) is 0 Å². The molecule has 0 radical (unpaired) electrons. The number of rotatable bonds is 3. The lowest BCUT2D eigenvalue weighted by atomic mass is 9.77. The number of pyridine rings is 1. The molecule has 2 aromatic rings. The number of nitrogens with one attached hydrogen (secondary N) is 1. The minimum Gasteiger partial charge on any atom is -0.313 e. The molecule has 1 atom stereocenters. The summed E-state index contributed by atoms with van der Waals surface area (Å²) in [5.74, 6) is 0.794. The number of para-hydroxylation sites is 1. The summed E-state index contributed by atoms with van der Waals surface area (Å²) < 4.78 is 0. The highest BCUT2D eigenvalue weighted by Crippen LogP contribution is 2.37. The molecule has 0 saturated heterocycles. The van der Waals surface area contributed by atoms with Gasteiger partial charge in [-0.1, -0.05) is 24.6 Å². The highest BCUT2D eigenvalue weighted by molar-refractivity contribution is 5.78. The van der Waals surface area contributed by atoms with Crippen LogP contribution in [0.1, 0.15) is 30.9 Å². The van der Waals surface area contributed by atoms with Crippen molar-refractivity contribution in [3.8, 4) is 0 Å². The number of hydrogen-bond acceptors (Lipinski definition) is 2. The summed E-state index contributed by atoms with van der Waals surface area (Å²) in [4.78, 5) is 4.55. The van der Waals surface area contributed by atoms with Crippen LogP contribution in [-0.2, 0) is 0 Å². The van der Waals surface area contributed by atoms with Gasteiger partial charge in [-0.25, -0.2) is 0 Å². The van der Waals surface area contributed by atoms with Crippen molar-refractivity contribution in [1.29, 1.82) is 0 Å². The van der Waals surface area contributed by atoms with Gasteiger partial charge < -0.3 is 5.32 Å². The average Bonchev–Trinajstić information content (AvgIpc) is 2.33. The van der Waals surface area contributed by atoms with Crippen LogP contribution in [-0.4, -0.2) is 12.0 Å². The fourth-order valence-electron chi connectivity index (χ4n) is 2.71. The maximum Gasteiger partial charge on any atom is 0.0702 e. The maximum atomic E-state index is 4.55. The van der Waals surface area contributed by atoms with Crippen molar-refractivity contribution in [3.63, 3.8) is 0 Å². The second-order valence-corrected chi connectivity index (χ2v) is 4.92. The Balaban J connectivity index is 1.98. The predicted octanol–water partition coefficient (Wildman–Crippen LogP) is 3.30. The van der Waals surface area contributed by atoms with E-state index in [1.165, 1.54) is 30.2 Å². The fourth-order valence-corrected chi connectivity index (χ4v) is 2.71. The van der Waals surface area contributed by atoms with Gasteiger partial charge in [-0.15, -0.1) is 0 Å². The Hall–Kier alpha value is -1.41. The number of aromatic nitrogens is 1. The molecule has 1 saturated carbocycles. The molecule has 3 rings (SSSR count). The van der Waals surface area contributed by atoms with Crippen LogP contribution in [0, 0.1) is 5.92 Å². The van der Waals surface area contributed by atoms with Crippen LogP contribution in [0.25, 0.3) is 10.9 Å². The molecule has 0 bridgehead atoms. The van der Waals surface area contributed by atoms with Crippen molar-refractivity contribution in [2.24, 2.45) is 5.92 Å². The van der Waals surface area contributed by atoms with Gasteiger partial charge in [0.25, 0.3) is 0 Å². The van der Waals surface area contributed by atoms with Crippen molar-refractivity contribution in [3.05, 3.63) is 42.1 Å². The van der Waals surface area contributed by atoms with Crippen molar-refractivity contribution in [2.75, 3.05) is 7.05 Å². The van der Waals surface area contributed by atoms with E-state index < -0.39 is 0 Å². The van der Waals surface area contributed by atoms with Gasteiger partial charge in [0.15, 0.2) is 0 Å². The lowest BCUT2D eigenvalue weighted by molar-refractivity contribution is 0.239. The first kappa shape index (κ1) is 10.7. The van der Waals surface area contributed by atoms with Gasteiger partial charge in [-0.2, -0.15) is 0 Å². The summed E-state index contributed by atoms with van der Waals surface area (Å²) in [6.45, 7) is 0. The minimum atomic E-state index is 0.473. The summed E-state index contributed by atoms with van der Waals surface area (Å²) in [6.07, 6.45) is 6.10. The quantitative estimate of drug-likeness (QED) is 0.868. The summed E-state index contributed by atoms with van der Waals surface area (Å²) in [6, 6.07) is 11.1. The van der Waals surface area contributed by atoms with Crippen LogP contribution in [0.3, 0.4) is 0 Å². The number of benzene rings is 1. The predicted molar refractivity (Wildman–Crippen MR) is 70.9 cm³/mol. The molecular weight excluding hydrogens is 208 g/mol. The molecular formula is C15H18N2. The van der Waals surface area contributed by atoms with Gasteiger partial charge >= 0.3 is 0 Å². The number of fused-ring (bicyclic) bond motifs is 1. The van der Waals surface area contributed by atoms with Crippen molar-refractivity contribution < 1.29 is 0 Å². The summed E-state index contributed by atoms with van der Waals surface area (Å²) in [5, 5.41) is 4.69. The van der Waals surface area contributed by atoms with Crippen LogP contribution in [0.15, 0.2) is 36.5 Å². The third-order valence-electron chi connectivity index (χ3n) is 3.90. The van der Waals surface area contributed by atoms with Crippen molar-refractivity contribution in [1.82, 2.24) is 10.3 Å². The Morgan fingerprint density at radius 1 is 1.29 bits per heavy atom. The van der Waals surface area contributed by atoms with E-state index >= 15 is 0 Å².